The number of fused-ring (bicyclic) bond motifs is 1. The van der Waals surface area contributed by atoms with E-state index in [1.807, 2.05) is 52.8 Å². The van der Waals surface area contributed by atoms with Crippen molar-refractivity contribution in [2.45, 2.75) is 46.8 Å². The fourth-order valence-electron chi connectivity index (χ4n) is 2.77. The van der Waals surface area contributed by atoms with Crippen LogP contribution >= 0.6 is 11.6 Å². The first-order valence-corrected chi connectivity index (χ1v) is 9.49. The van der Waals surface area contributed by atoms with Crippen LogP contribution in [0.5, 0.6) is 17.4 Å². The topological polar surface area (TPSA) is 81.3 Å². The van der Waals surface area contributed by atoms with Gasteiger partial charge in [0.15, 0.2) is 17.3 Å². The number of methoxy groups -OCH3 is 1. The van der Waals surface area contributed by atoms with Crippen LogP contribution in [0.4, 0.5) is 11.6 Å². The maximum atomic E-state index is 6.72. The van der Waals surface area contributed by atoms with Gasteiger partial charge in [-0.25, -0.2) is 0 Å². The molecule has 0 unspecified atom stereocenters. The molecule has 0 amide bonds. The summed E-state index contributed by atoms with van der Waals surface area (Å²) in [5.74, 6) is 2.71. The molecule has 150 valence electrons. The number of rotatable bonds is 7. The maximum absolute atomic E-state index is 6.72. The summed E-state index contributed by atoms with van der Waals surface area (Å²) in [5, 5.41) is 12.2. The van der Waals surface area contributed by atoms with Crippen LogP contribution in [-0.2, 0) is 0 Å². The first kappa shape index (κ1) is 20.1. The van der Waals surface area contributed by atoms with E-state index in [1.54, 1.807) is 7.11 Å². The standard InChI is InChI=1S/C20H25ClN4O3/c1-10(2)27-19-15(26-6)8-14-13(18(19)21)9-16(23-20(14)28-11(3)4)22-17-7-12(5)24-25-17/h7-11H,1-6H3,(H2,22,23,24,25). The normalized spacial score (nSPS) is 11.3. The molecule has 2 aromatic heterocycles. The molecule has 1 aromatic carbocycles. The Morgan fingerprint density at radius 1 is 1.00 bits per heavy atom. The molecule has 3 aromatic rings. The zero-order chi connectivity index (χ0) is 20.4. The largest absolute Gasteiger partial charge is 0.493 e. The van der Waals surface area contributed by atoms with Gasteiger partial charge in [0, 0.05) is 22.5 Å². The molecule has 3 rings (SSSR count). The van der Waals surface area contributed by atoms with E-state index < -0.39 is 0 Å². The Hall–Kier alpha value is -2.67. The minimum atomic E-state index is -0.0602. The number of nitrogens with zero attached hydrogens (tertiary/aromatic N) is 2. The van der Waals surface area contributed by atoms with E-state index in [1.165, 1.54) is 0 Å². The number of pyridine rings is 1. The van der Waals surface area contributed by atoms with Crippen molar-refractivity contribution in [1.29, 1.82) is 0 Å². The maximum Gasteiger partial charge on any atom is 0.223 e. The van der Waals surface area contributed by atoms with Crippen molar-refractivity contribution in [3.8, 4) is 17.4 Å². The van der Waals surface area contributed by atoms with Crippen LogP contribution in [0.15, 0.2) is 18.2 Å². The summed E-state index contributed by atoms with van der Waals surface area (Å²) in [4.78, 5) is 4.61. The van der Waals surface area contributed by atoms with E-state index in [9.17, 15) is 0 Å². The second-order valence-electron chi connectivity index (χ2n) is 7.02. The molecule has 0 aliphatic heterocycles. The lowest BCUT2D eigenvalue weighted by Crippen LogP contribution is -2.10. The quantitative estimate of drug-likeness (QED) is 0.560. The van der Waals surface area contributed by atoms with Gasteiger partial charge in [0.05, 0.1) is 24.3 Å². The van der Waals surface area contributed by atoms with Gasteiger partial charge in [-0.2, -0.15) is 10.1 Å². The number of ether oxygens (including phenoxy) is 3. The van der Waals surface area contributed by atoms with E-state index in [4.69, 9.17) is 25.8 Å². The Labute approximate surface area is 169 Å². The summed E-state index contributed by atoms with van der Waals surface area (Å²) in [6, 6.07) is 5.57. The zero-order valence-corrected chi connectivity index (χ0v) is 17.6. The van der Waals surface area contributed by atoms with Crippen LogP contribution in [0.25, 0.3) is 10.8 Å². The van der Waals surface area contributed by atoms with Gasteiger partial charge in [-0.15, -0.1) is 0 Å². The molecule has 7 nitrogen and oxygen atoms in total. The lowest BCUT2D eigenvalue weighted by Gasteiger charge is -2.19. The molecule has 8 heteroatoms. The number of aromatic amines is 1. The number of H-pyrrole nitrogens is 1. The highest BCUT2D eigenvalue weighted by molar-refractivity contribution is 6.37. The molecule has 0 fully saturated rings. The Bertz CT molecular complexity index is 985. The van der Waals surface area contributed by atoms with E-state index in [2.05, 4.69) is 20.5 Å². The molecule has 0 aliphatic rings. The Balaban J connectivity index is 2.19. The van der Waals surface area contributed by atoms with Crippen LogP contribution in [0.1, 0.15) is 33.4 Å². The van der Waals surface area contributed by atoms with Crippen molar-refractivity contribution in [2.75, 3.05) is 12.4 Å². The minimum Gasteiger partial charge on any atom is -0.493 e. The third-order valence-corrected chi connectivity index (χ3v) is 4.22. The van der Waals surface area contributed by atoms with Crippen LogP contribution in [0.3, 0.4) is 0 Å². The van der Waals surface area contributed by atoms with Crippen LogP contribution in [0, 0.1) is 6.92 Å². The summed E-state index contributed by atoms with van der Waals surface area (Å²) >= 11 is 6.72. The van der Waals surface area contributed by atoms with Gasteiger partial charge in [-0.05, 0) is 46.8 Å². The van der Waals surface area contributed by atoms with Gasteiger partial charge in [0.1, 0.15) is 5.82 Å². The first-order chi connectivity index (χ1) is 13.3. The van der Waals surface area contributed by atoms with Crippen molar-refractivity contribution in [3.63, 3.8) is 0 Å². The number of halogens is 1. The molecular formula is C20H25ClN4O3. The summed E-state index contributed by atoms with van der Waals surface area (Å²) in [7, 11) is 1.58. The van der Waals surface area contributed by atoms with Gasteiger partial charge < -0.3 is 19.5 Å². The minimum absolute atomic E-state index is 0.0540. The Kier molecular flexibility index (Phi) is 5.84. The highest BCUT2D eigenvalue weighted by Crippen LogP contribution is 2.44. The van der Waals surface area contributed by atoms with Crippen molar-refractivity contribution in [3.05, 3.63) is 28.9 Å². The predicted molar refractivity (Wildman–Crippen MR) is 111 cm³/mol. The zero-order valence-electron chi connectivity index (χ0n) is 16.9. The molecule has 2 heterocycles. The molecule has 0 saturated heterocycles. The molecule has 0 saturated carbocycles. The average Bonchev–Trinajstić information content (AvgIpc) is 3.01. The van der Waals surface area contributed by atoms with Gasteiger partial charge in [0.25, 0.3) is 0 Å². The number of nitrogens with one attached hydrogen (secondary N) is 2. The Morgan fingerprint density at radius 2 is 1.71 bits per heavy atom. The predicted octanol–water partition coefficient (Wildman–Crippen LogP) is 5.25. The first-order valence-electron chi connectivity index (χ1n) is 9.12. The number of benzene rings is 1. The molecule has 0 spiro atoms. The highest BCUT2D eigenvalue weighted by atomic mass is 35.5. The Morgan fingerprint density at radius 3 is 2.29 bits per heavy atom. The van der Waals surface area contributed by atoms with Crippen molar-refractivity contribution in [2.24, 2.45) is 0 Å². The van der Waals surface area contributed by atoms with Crippen molar-refractivity contribution < 1.29 is 14.2 Å². The average molecular weight is 405 g/mol. The number of hydrogen-bond donors (Lipinski definition) is 2. The van der Waals surface area contributed by atoms with Crippen LogP contribution in [0.2, 0.25) is 5.02 Å². The van der Waals surface area contributed by atoms with Crippen LogP contribution in [-0.4, -0.2) is 34.5 Å². The number of hydrogen-bond acceptors (Lipinski definition) is 6. The lowest BCUT2D eigenvalue weighted by molar-refractivity contribution is 0.230. The van der Waals surface area contributed by atoms with Gasteiger partial charge in [0.2, 0.25) is 5.88 Å². The summed E-state index contributed by atoms with van der Waals surface area (Å²) < 4.78 is 17.4. The van der Waals surface area contributed by atoms with Crippen molar-refractivity contribution >= 4 is 34.0 Å². The summed E-state index contributed by atoms with van der Waals surface area (Å²) in [6.45, 7) is 9.69. The van der Waals surface area contributed by atoms with Crippen molar-refractivity contribution in [1.82, 2.24) is 15.2 Å². The van der Waals surface area contributed by atoms with E-state index in [-0.39, 0.29) is 12.2 Å². The molecule has 28 heavy (non-hydrogen) atoms. The summed E-state index contributed by atoms with van der Waals surface area (Å²) in [5.41, 5.74) is 0.942. The van der Waals surface area contributed by atoms with Gasteiger partial charge >= 0.3 is 0 Å². The molecule has 0 radical (unpaired) electrons. The van der Waals surface area contributed by atoms with Crippen LogP contribution < -0.4 is 19.5 Å². The molecule has 0 aliphatic carbocycles. The fourth-order valence-corrected chi connectivity index (χ4v) is 3.06. The van der Waals surface area contributed by atoms with E-state index >= 15 is 0 Å². The second-order valence-corrected chi connectivity index (χ2v) is 7.40. The highest BCUT2D eigenvalue weighted by Gasteiger charge is 2.20. The third kappa shape index (κ3) is 4.25. The smallest absolute Gasteiger partial charge is 0.223 e. The van der Waals surface area contributed by atoms with Gasteiger partial charge in [-0.1, -0.05) is 11.6 Å². The SMILES string of the molecule is COc1cc2c(OC(C)C)nc(Nc3cc(C)[nH]n3)cc2c(Cl)c1OC(C)C. The molecule has 2 N–H and O–H groups in total. The fraction of sp³-hybridized carbons (Fsp3) is 0.400. The monoisotopic (exact) mass is 404 g/mol. The number of anilines is 2. The summed E-state index contributed by atoms with van der Waals surface area (Å²) in [6.07, 6.45) is -0.114. The molecule has 0 bridgehead atoms. The molecular weight excluding hydrogens is 380 g/mol. The second kappa shape index (κ2) is 8.14. The van der Waals surface area contributed by atoms with Gasteiger partial charge in [-0.3, -0.25) is 5.10 Å². The lowest BCUT2D eigenvalue weighted by atomic mass is 10.1. The van der Waals surface area contributed by atoms with E-state index in [0.717, 1.165) is 16.5 Å². The molecule has 0 atom stereocenters. The number of aryl methyl sites for hydroxylation is 1. The van der Waals surface area contributed by atoms with E-state index in [0.29, 0.717) is 34.0 Å². The number of aromatic nitrogens is 3. The third-order valence-electron chi connectivity index (χ3n) is 3.84.